The first kappa shape index (κ1) is 30.7. The standard InChI is InChI=1S/C30H37ClF3N3O5/c1-28(2)19-12-17(13-20(19)28)36(15-22(38)24-21(31)6-5-7-23(24)42-4)26(39)18-14-35-37(25(18)30(32,33)34)16-8-10-29(3,11-9-16)27(40)41/h5-7,14,16-17,19-20,22,38H,8-13,15H2,1-4H3,(H,40,41)/t16-,17-,19-,20+,22?,29-. The van der Waals surface area contributed by atoms with Gasteiger partial charge in [-0.05, 0) is 74.8 Å². The molecule has 1 aromatic heterocycles. The number of ether oxygens (including phenoxy) is 1. The molecule has 3 aliphatic carbocycles. The number of rotatable bonds is 8. The van der Waals surface area contributed by atoms with Gasteiger partial charge in [0.15, 0.2) is 5.69 Å². The number of halogens is 4. The van der Waals surface area contributed by atoms with Crippen molar-refractivity contribution in [2.75, 3.05) is 13.7 Å². The Balaban J connectivity index is 1.48. The van der Waals surface area contributed by atoms with Crippen LogP contribution in [0.3, 0.4) is 0 Å². The number of carbonyl (C=O) groups is 2. The number of fused-ring (bicyclic) bond motifs is 1. The SMILES string of the molecule is COc1cccc(Cl)c1C(O)CN(C(=O)c1cnn([C@H]2CC[C@](C)(C(=O)O)CC2)c1C(F)(F)F)[C@@H]1C[C@@H]2[C@H](C1)C2(C)C. The Labute approximate surface area is 247 Å². The third kappa shape index (κ3) is 5.27. The van der Waals surface area contributed by atoms with Crippen LogP contribution in [0.15, 0.2) is 24.4 Å². The molecule has 1 amide bonds. The Bertz CT molecular complexity index is 1350. The summed E-state index contributed by atoms with van der Waals surface area (Å²) in [4.78, 5) is 27.1. The van der Waals surface area contributed by atoms with Crippen molar-refractivity contribution in [3.05, 3.63) is 46.2 Å². The lowest BCUT2D eigenvalue weighted by molar-refractivity contribution is -0.152. The molecule has 3 aliphatic rings. The van der Waals surface area contributed by atoms with Crippen molar-refractivity contribution in [3.8, 4) is 5.75 Å². The maximum atomic E-state index is 14.6. The summed E-state index contributed by atoms with van der Waals surface area (Å²) in [5.74, 6) is -0.822. The molecular formula is C30H37ClF3N3O5. The molecule has 0 radical (unpaired) electrons. The van der Waals surface area contributed by atoms with Gasteiger partial charge in [0.1, 0.15) is 11.9 Å². The fraction of sp³-hybridized carbons (Fsp3) is 0.633. The van der Waals surface area contributed by atoms with Crippen molar-refractivity contribution in [1.29, 1.82) is 0 Å². The maximum Gasteiger partial charge on any atom is 0.433 e. The molecule has 1 aromatic carbocycles. The van der Waals surface area contributed by atoms with Gasteiger partial charge in [-0.25, -0.2) is 0 Å². The smallest absolute Gasteiger partial charge is 0.433 e. The van der Waals surface area contributed by atoms with Gasteiger partial charge in [0.05, 0.1) is 41.9 Å². The van der Waals surface area contributed by atoms with Crippen molar-refractivity contribution >= 4 is 23.5 Å². The molecule has 1 heterocycles. The number of carboxylic acid groups (broad SMARTS) is 1. The lowest BCUT2D eigenvalue weighted by Crippen LogP contribution is -2.43. The van der Waals surface area contributed by atoms with E-state index in [-0.39, 0.29) is 54.3 Å². The van der Waals surface area contributed by atoms with Crippen LogP contribution in [0.2, 0.25) is 5.02 Å². The zero-order valence-corrected chi connectivity index (χ0v) is 24.9. The minimum Gasteiger partial charge on any atom is -0.496 e. The highest BCUT2D eigenvalue weighted by atomic mass is 35.5. The number of hydrogen-bond donors (Lipinski definition) is 2. The Morgan fingerprint density at radius 1 is 1.19 bits per heavy atom. The first-order valence-corrected chi connectivity index (χ1v) is 14.7. The fourth-order valence-corrected chi connectivity index (χ4v) is 7.65. The highest BCUT2D eigenvalue weighted by Crippen LogP contribution is 2.67. The zero-order valence-electron chi connectivity index (χ0n) is 24.1. The van der Waals surface area contributed by atoms with Gasteiger partial charge < -0.3 is 19.8 Å². The van der Waals surface area contributed by atoms with Crippen molar-refractivity contribution < 1.29 is 37.7 Å². The molecule has 3 fully saturated rings. The van der Waals surface area contributed by atoms with Crippen molar-refractivity contribution in [1.82, 2.24) is 14.7 Å². The van der Waals surface area contributed by atoms with Crippen LogP contribution < -0.4 is 4.74 Å². The van der Waals surface area contributed by atoms with E-state index in [9.17, 15) is 33.0 Å². The molecular weight excluding hydrogens is 575 g/mol. The van der Waals surface area contributed by atoms with E-state index in [1.54, 1.807) is 25.1 Å². The molecule has 5 rings (SSSR count). The van der Waals surface area contributed by atoms with Gasteiger partial charge in [-0.2, -0.15) is 18.3 Å². The number of carboxylic acids is 1. The van der Waals surface area contributed by atoms with E-state index >= 15 is 0 Å². The van der Waals surface area contributed by atoms with Crippen LogP contribution in [0.5, 0.6) is 5.75 Å². The number of carbonyl (C=O) groups excluding carboxylic acids is 1. The summed E-state index contributed by atoms with van der Waals surface area (Å²) in [7, 11) is 1.42. The van der Waals surface area contributed by atoms with Crippen LogP contribution in [-0.2, 0) is 11.0 Å². The summed E-state index contributed by atoms with van der Waals surface area (Å²) in [6.45, 7) is 5.63. The van der Waals surface area contributed by atoms with Gasteiger partial charge in [-0.15, -0.1) is 0 Å². The predicted octanol–water partition coefficient (Wildman–Crippen LogP) is 6.38. The van der Waals surface area contributed by atoms with Gasteiger partial charge in [-0.1, -0.05) is 31.5 Å². The predicted molar refractivity (Wildman–Crippen MR) is 148 cm³/mol. The summed E-state index contributed by atoms with van der Waals surface area (Å²) in [5.41, 5.74) is -2.35. The second-order valence-electron chi connectivity index (χ2n) is 12.9. The number of aromatic nitrogens is 2. The quantitative estimate of drug-likeness (QED) is 0.359. The minimum atomic E-state index is -4.88. The summed E-state index contributed by atoms with van der Waals surface area (Å²) < 4.78 is 50.1. The van der Waals surface area contributed by atoms with E-state index in [0.717, 1.165) is 10.9 Å². The van der Waals surface area contributed by atoms with Crippen LogP contribution in [0, 0.1) is 22.7 Å². The number of hydrogen-bond acceptors (Lipinski definition) is 5. The number of aliphatic hydroxyl groups excluding tert-OH is 1. The second-order valence-corrected chi connectivity index (χ2v) is 13.3. The van der Waals surface area contributed by atoms with Crippen LogP contribution in [0.4, 0.5) is 13.2 Å². The third-order valence-corrected chi connectivity index (χ3v) is 10.5. The van der Waals surface area contributed by atoms with Crippen LogP contribution in [0.1, 0.15) is 93.1 Å². The maximum absolute atomic E-state index is 14.6. The molecule has 8 nitrogen and oxygen atoms in total. The van der Waals surface area contributed by atoms with Crippen LogP contribution in [0.25, 0.3) is 0 Å². The number of amides is 1. The molecule has 3 saturated carbocycles. The highest BCUT2D eigenvalue weighted by molar-refractivity contribution is 6.31. The van der Waals surface area contributed by atoms with Crippen LogP contribution >= 0.6 is 11.6 Å². The number of benzene rings is 1. The van der Waals surface area contributed by atoms with Crippen molar-refractivity contribution in [3.63, 3.8) is 0 Å². The Hall–Kier alpha value is -2.79. The number of methoxy groups -OCH3 is 1. The highest BCUT2D eigenvalue weighted by Gasteiger charge is 2.63. The minimum absolute atomic E-state index is 0.114. The fourth-order valence-electron chi connectivity index (χ4n) is 7.36. The molecule has 0 bridgehead atoms. The van der Waals surface area contributed by atoms with Crippen LogP contribution in [-0.4, -0.2) is 56.5 Å². The van der Waals surface area contributed by atoms with Gasteiger partial charge in [0.25, 0.3) is 5.91 Å². The molecule has 42 heavy (non-hydrogen) atoms. The van der Waals surface area contributed by atoms with Gasteiger partial charge in [-0.3, -0.25) is 14.3 Å². The Kier molecular flexibility index (Phi) is 7.83. The molecule has 2 aromatic rings. The normalized spacial score (nSPS) is 29.1. The van der Waals surface area contributed by atoms with Gasteiger partial charge >= 0.3 is 12.1 Å². The number of nitrogens with zero attached hydrogens (tertiary/aromatic N) is 3. The molecule has 0 spiro atoms. The summed E-state index contributed by atoms with van der Waals surface area (Å²) >= 11 is 6.38. The third-order valence-electron chi connectivity index (χ3n) is 10.2. The Morgan fingerprint density at radius 3 is 2.36 bits per heavy atom. The van der Waals surface area contributed by atoms with Crippen molar-refractivity contribution in [2.45, 2.75) is 83.7 Å². The van der Waals surface area contributed by atoms with E-state index < -0.39 is 46.9 Å². The molecule has 0 aliphatic heterocycles. The number of aliphatic hydroxyl groups is 1. The van der Waals surface area contributed by atoms with E-state index in [1.165, 1.54) is 12.0 Å². The van der Waals surface area contributed by atoms with E-state index in [0.29, 0.717) is 30.4 Å². The average Bonchev–Trinajstić information content (AvgIpc) is 3.35. The second kappa shape index (κ2) is 10.7. The lowest BCUT2D eigenvalue weighted by atomic mass is 9.74. The molecule has 12 heteroatoms. The van der Waals surface area contributed by atoms with Gasteiger partial charge in [0.2, 0.25) is 0 Å². The monoisotopic (exact) mass is 611 g/mol. The summed E-state index contributed by atoms with van der Waals surface area (Å²) in [6.07, 6.45) is -3.19. The van der Waals surface area contributed by atoms with Crippen molar-refractivity contribution in [2.24, 2.45) is 22.7 Å². The number of alkyl halides is 3. The van der Waals surface area contributed by atoms with E-state index in [4.69, 9.17) is 16.3 Å². The summed E-state index contributed by atoms with van der Waals surface area (Å²) in [5, 5.41) is 25.1. The zero-order chi connectivity index (χ0) is 30.8. The summed E-state index contributed by atoms with van der Waals surface area (Å²) in [6, 6.07) is 3.80. The first-order chi connectivity index (χ1) is 19.6. The average molecular weight is 612 g/mol. The molecule has 0 saturated heterocycles. The molecule has 2 N–H and O–H groups in total. The molecule has 4 atom stereocenters. The largest absolute Gasteiger partial charge is 0.496 e. The Morgan fingerprint density at radius 2 is 1.81 bits per heavy atom. The molecule has 230 valence electrons. The lowest BCUT2D eigenvalue weighted by Gasteiger charge is -2.35. The van der Waals surface area contributed by atoms with Gasteiger partial charge in [0, 0.05) is 11.6 Å². The van der Waals surface area contributed by atoms with E-state index in [1.807, 2.05) is 0 Å². The topological polar surface area (TPSA) is 105 Å². The number of aliphatic carboxylic acids is 1. The van der Waals surface area contributed by atoms with E-state index in [2.05, 4.69) is 18.9 Å². The molecule has 1 unspecified atom stereocenters. The first-order valence-electron chi connectivity index (χ1n) is 14.3.